The van der Waals surface area contributed by atoms with E-state index in [0.29, 0.717) is 17.5 Å². The van der Waals surface area contributed by atoms with Crippen LogP contribution in [0.5, 0.6) is 0 Å². The lowest BCUT2D eigenvalue weighted by Gasteiger charge is -2.11. The summed E-state index contributed by atoms with van der Waals surface area (Å²) in [6.07, 6.45) is 0. The fourth-order valence-corrected chi connectivity index (χ4v) is 7.98. The third-order valence-corrected chi connectivity index (χ3v) is 10.5. The molecule has 0 saturated carbocycles. The summed E-state index contributed by atoms with van der Waals surface area (Å²) in [4.78, 5) is 20.2. The van der Waals surface area contributed by atoms with Gasteiger partial charge in [-0.2, -0.15) is 0 Å². The number of hydrogen-bond donors (Lipinski definition) is 0. The highest BCUT2D eigenvalue weighted by atomic mass is 32.1. The summed E-state index contributed by atoms with van der Waals surface area (Å²) in [5.41, 5.74) is 10.8. The lowest BCUT2D eigenvalue weighted by Crippen LogP contribution is -2.00. The van der Waals surface area contributed by atoms with Crippen LogP contribution in [0.3, 0.4) is 0 Å². The van der Waals surface area contributed by atoms with Crippen molar-refractivity contribution in [3.63, 3.8) is 0 Å². The Kier molecular flexibility index (Phi) is 7.25. The highest BCUT2D eigenvalue weighted by Crippen LogP contribution is 2.45. The van der Waals surface area contributed by atoms with Crippen molar-refractivity contribution in [3.05, 3.63) is 170 Å². The zero-order chi connectivity index (χ0) is 34.4. The number of hydrogen-bond acceptors (Lipinski definition) is 6. The zero-order valence-corrected chi connectivity index (χ0v) is 28.6. The van der Waals surface area contributed by atoms with Crippen LogP contribution in [0.2, 0.25) is 0 Å². The Balaban J connectivity index is 1.16. The summed E-state index contributed by atoms with van der Waals surface area (Å²) >= 11 is 1.71. The zero-order valence-electron chi connectivity index (χ0n) is 27.8. The molecule has 10 aromatic rings. The molecular formula is C46H28N4OS. The third-order valence-electron chi connectivity index (χ3n) is 9.37. The van der Waals surface area contributed by atoms with E-state index in [0.717, 1.165) is 76.1 Å². The van der Waals surface area contributed by atoms with Gasteiger partial charge in [0.2, 0.25) is 0 Å². The van der Waals surface area contributed by atoms with Crippen LogP contribution in [0.25, 0.3) is 99.1 Å². The Morgan fingerprint density at radius 3 is 1.62 bits per heavy atom. The molecule has 3 heterocycles. The van der Waals surface area contributed by atoms with Crippen molar-refractivity contribution >= 4 is 43.5 Å². The van der Waals surface area contributed by atoms with Crippen LogP contribution in [0, 0.1) is 0 Å². The van der Waals surface area contributed by atoms with Crippen molar-refractivity contribution in [2.45, 2.75) is 0 Å². The van der Waals surface area contributed by atoms with Gasteiger partial charge < -0.3 is 4.42 Å². The van der Waals surface area contributed by atoms with Crippen LogP contribution in [0.1, 0.15) is 0 Å². The summed E-state index contributed by atoms with van der Waals surface area (Å²) in [5, 5.41) is 3.11. The molecule has 3 aromatic heterocycles. The molecule has 6 heteroatoms. The fourth-order valence-electron chi connectivity index (χ4n) is 6.86. The topological polar surface area (TPSA) is 64.7 Å². The molecule has 0 saturated heterocycles. The Labute approximate surface area is 303 Å². The number of thiazole rings is 1. The standard InChI is InChI=1S/C46H28N4OS/c1-4-13-29(14-5-1)30-23-25-32(26-24-30)44-48-43(31-15-6-2-7-16-31)49-45(50-44)35-20-12-19-34(27-35)40-41-36-21-10-11-22-38(36)51-39(41)28-37-42(40)52-46(47-37)33-17-8-3-9-18-33/h1-28H. The Bertz CT molecular complexity index is 2880. The molecule has 0 aliphatic heterocycles. The SMILES string of the molecule is c1ccc(-c2ccc(-c3nc(-c4ccccc4)nc(-c4cccc(-c5c6sc(-c7ccccc7)nc6cc6oc7ccccc7c56)c4)n3)cc2)cc1. The molecule has 0 N–H and O–H groups in total. The summed E-state index contributed by atoms with van der Waals surface area (Å²) in [7, 11) is 0. The van der Waals surface area contributed by atoms with Crippen LogP contribution in [-0.4, -0.2) is 19.9 Å². The van der Waals surface area contributed by atoms with E-state index in [1.165, 1.54) is 5.56 Å². The molecule has 0 unspecified atom stereocenters. The predicted molar refractivity (Wildman–Crippen MR) is 213 cm³/mol. The Hall–Kier alpha value is -6.76. The van der Waals surface area contributed by atoms with E-state index in [2.05, 4.69) is 115 Å². The van der Waals surface area contributed by atoms with Crippen molar-refractivity contribution in [2.75, 3.05) is 0 Å². The number of aromatic nitrogens is 4. The van der Waals surface area contributed by atoms with E-state index in [4.69, 9.17) is 24.4 Å². The molecule has 7 aromatic carbocycles. The van der Waals surface area contributed by atoms with Gasteiger partial charge in [-0.3, -0.25) is 0 Å². The molecule has 0 spiro atoms. The lowest BCUT2D eigenvalue weighted by atomic mass is 9.97. The molecule has 0 bridgehead atoms. The number of nitrogens with zero attached hydrogens (tertiary/aromatic N) is 4. The average molecular weight is 685 g/mol. The first-order valence-corrected chi connectivity index (χ1v) is 18.0. The maximum Gasteiger partial charge on any atom is 0.164 e. The molecule has 52 heavy (non-hydrogen) atoms. The fraction of sp³-hybridized carbons (Fsp3) is 0. The highest BCUT2D eigenvalue weighted by Gasteiger charge is 2.21. The molecule has 0 radical (unpaired) electrons. The number of fused-ring (bicyclic) bond motifs is 4. The molecule has 0 atom stereocenters. The van der Waals surface area contributed by atoms with Gasteiger partial charge in [-0.15, -0.1) is 11.3 Å². The lowest BCUT2D eigenvalue weighted by molar-refractivity contribution is 0.669. The van der Waals surface area contributed by atoms with Crippen LogP contribution in [-0.2, 0) is 0 Å². The summed E-state index contributed by atoms with van der Waals surface area (Å²) in [6, 6.07) is 58.0. The minimum Gasteiger partial charge on any atom is -0.456 e. The smallest absolute Gasteiger partial charge is 0.164 e. The molecule has 244 valence electrons. The second kappa shape index (κ2) is 12.5. The van der Waals surface area contributed by atoms with Crippen LogP contribution < -0.4 is 0 Å². The second-order valence-electron chi connectivity index (χ2n) is 12.7. The van der Waals surface area contributed by atoms with Gasteiger partial charge >= 0.3 is 0 Å². The van der Waals surface area contributed by atoms with Gasteiger partial charge in [0.25, 0.3) is 0 Å². The molecule has 10 rings (SSSR count). The van der Waals surface area contributed by atoms with E-state index >= 15 is 0 Å². The first kappa shape index (κ1) is 30.1. The third kappa shape index (κ3) is 5.34. The van der Waals surface area contributed by atoms with Crippen LogP contribution in [0.4, 0.5) is 0 Å². The maximum atomic E-state index is 6.45. The minimum atomic E-state index is 0.604. The predicted octanol–water partition coefficient (Wildman–Crippen LogP) is 12.4. The average Bonchev–Trinajstić information content (AvgIpc) is 3.82. The van der Waals surface area contributed by atoms with E-state index in [-0.39, 0.29) is 0 Å². The molecule has 0 aliphatic carbocycles. The van der Waals surface area contributed by atoms with Gasteiger partial charge in [0.1, 0.15) is 16.2 Å². The second-order valence-corrected chi connectivity index (χ2v) is 13.7. The summed E-state index contributed by atoms with van der Waals surface area (Å²) in [6.45, 7) is 0. The summed E-state index contributed by atoms with van der Waals surface area (Å²) in [5.74, 6) is 1.85. The van der Waals surface area contributed by atoms with Crippen molar-refractivity contribution in [1.29, 1.82) is 0 Å². The quantitative estimate of drug-likeness (QED) is 0.174. The van der Waals surface area contributed by atoms with E-state index in [1.807, 2.05) is 54.6 Å². The van der Waals surface area contributed by atoms with E-state index in [1.54, 1.807) is 11.3 Å². The van der Waals surface area contributed by atoms with Crippen molar-refractivity contribution in [1.82, 2.24) is 19.9 Å². The Morgan fingerprint density at radius 1 is 0.385 bits per heavy atom. The number of para-hydroxylation sites is 1. The number of benzene rings is 7. The number of rotatable bonds is 6. The molecule has 0 fully saturated rings. The van der Waals surface area contributed by atoms with Gasteiger partial charge in [0.15, 0.2) is 17.5 Å². The first-order valence-electron chi connectivity index (χ1n) is 17.1. The van der Waals surface area contributed by atoms with Crippen LogP contribution in [0.15, 0.2) is 174 Å². The van der Waals surface area contributed by atoms with Crippen molar-refractivity contribution in [3.8, 4) is 67.0 Å². The van der Waals surface area contributed by atoms with Crippen molar-refractivity contribution < 1.29 is 4.42 Å². The monoisotopic (exact) mass is 684 g/mol. The molecular weight excluding hydrogens is 657 g/mol. The van der Waals surface area contributed by atoms with Crippen molar-refractivity contribution in [2.24, 2.45) is 0 Å². The maximum absolute atomic E-state index is 6.45. The van der Waals surface area contributed by atoms with Crippen LogP contribution >= 0.6 is 11.3 Å². The summed E-state index contributed by atoms with van der Waals surface area (Å²) < 4.78 is 7.56. The normalized spacial score (nSPS) is 11.5. The molecule has 5 nitrogen and oxygen atoms in total. The molecule has 0 aliphatic rings. The van der Waals surface area contributed by atoms with E-state index in [9.17, 15) is 0 Å². The number of furan rings is 1. The van der Waals surface area contributed by atoms with Gasteiger partial charge in [-0.1, -0.05) is 152 Å². The largest absolute Gasteiger partial charge is 0.456 e. The first-order chi connectivity index (χ1) is 25.7. The highest BCUT2D eigenvalue weighted by molar-refractivity contribution is 7.22. The van der Waals surface area contributed by atoms with Gasteiger partial charge in [0.05, 0.1) is 10.2 Å². The minimum absolute atomic E-state index is 0.604. The molecule has 0 amide bonds. The van der Waals surface area contributed by atoms with Gasteiger partial charge in [-0.25, -0.2) is 19.9 Å². The Morgan fingerprint density at radius 2 is 0.904 bits per heavy atom. The van der Waals surface area contributed by atoms with E-state index < -0.39 is 0 Å². The van der Waals surface area contributed by atoms with Gasteiger partial charge in [0, 0.05) is 44.7 Å². The van der Waals surface area contributed by atoms with Gasteiger partial charge in [-0.05, 0) is 28.8 Å².